The van der Waals surface area contributed by atoms with E-state index in [9.17, 15) is 0 Å². The number of hydrogen-bond acceptors (Lipinski definition) is 3. The van der Waals surface area contributed by atoms with Gasteiger partial charge < -0.3 is 14.8 Å². The molecular weight excluding hydrogens is 318 g/mol. The molecule has 0 amide bonds. The van der Waals surface area contributed by atoms with Crippen LogP contribution in [0.1, 0.15) is 42.9 Å². The summed E-state index contributed by atoms with van der Waals surface area (Å²) < 4.78 is 12.4. The molecule has 0 radical (unpaired) electrons. The number of rotatable bonds is 6. The van der Waals surface area contributed by atoms with Crippen molar-refractivity contribution in [3.63, 3.8) is 0 Å². The van der Waals surface area contributed by atoms with Gasteiger partial charge in [0.1, 0.15) is 5.75 Å². The summed E-state index contributed by atoms with van der Waals surface area (Å²) in [5, 5.41) is 3.42. The Morgan fingerprint density at radius 2 is 2.05 bits per heavy atom. The molecule has 1 aromatic rings. The molecule has 1 unspecified atom stereocenters. The highest BCUT2D eigenvalue weighted by atomic mass is 79.9. The molecule has 1 fully saturated rings. The minimum atomic E-state index is 0.0377. The van der Waals surface area contributed by atoms with E-state index in [1.807, 2.05) is 14.2 Å². The lowest BCUT2D eigenvalue weighted by Gasteiger charge is -2.43. The number of aryl methyl sites for hydroxylation is 1. The molecule has 0 bridgehead atoms. The number of halogens is 1. The molecule has 1 atom stereocenters. The van der Waals surface area contributed by atoms with Crippen molar-refractivity contribution in [3.05, 3.63) is 27.7 Å². The van der Waals surface area contributed by atoms with E-state index in [0.29, 0.717) is 0 Å². The normalized spacial score (nSPS) is 18.4. The molecule has 1 N–H and O–H groups in total. The van der Waals surface area contributed by atoms with Gasteiger partial charge in [-0.15, -0.1) is 0 Å². The van der Waals surface area contributed by atoms with Gasteiger partial charge in [0, 0.05) is 23.2 Å². The summed E-state index contributed by atoms with van der Waals surface area (Å²) in [6.45, 7) is 2.08. The molecule has 1 aliphatic rings. The highest BCUT2D eigenvalue weighted by Gasteiger charge is 2.39. The zero-order valence-electron chi connectivity index (χ0n) is 12.8. The van der Waals surface area contributed by atoms with E-state index in [-0.39, 0.29) is 11.6 Å². The first-order chi connectivity index (χ1) is 9.55. The molecule has 0 saturated heterocycles. The van der Waals surface area contributed by atoms with Gasteiger partial charge in [0.2, 0.25) is 0 Å². The molecule has 0 heterocycles. The molecule has 1 aliphatic carbocycles. The van der Waals surface area contributed by atoms with Gasteiger partial charge in [-0.1, -0.05) is 15.9 Å². The Labute approximate surface area is 130 Å². The predicted octanol–water partition coefficient (Wildman–Crippen LogP) is 3.99. The first-order valence-corrected chi connectivity index (χ1v) is 7.91. The fourth-order valence-corrected chi connectivity index (χ4v) is 3.28. The molecule has 0 spiro atoms. The van der Waals surface area contributed by atoms with Crippen molar-refractivity contribution in [3.8, 4) is 5.75 Å². The summed E-state index contributed by atoms with van der Waals surface area (Å²) in [6, 6.07) is 4.49. The van der Waals surface area contributed by atoms with E-state index in [4.69, 9.17) is 9.47 Å². The van der Waals surface area contributed by atoms with Crippen LogP contribution in [-0.2, 0) is 4.74 Å². The van der Waals surface area contributed by atoms with Gasteiger partial charge in [-0.05, 0) is 57.4 Å². The van der Waals surface area contributed by atoms with Crippen LogP contribution in [0.2, 0.25) is 0 Å². The largest absolute Gasteiger partial charge is 0.496 e. The highest BCUT2D eigenvalue weighted by molar-refractivity contribution is 9.10. The number of methoxy groups -OCH3 is 2. The fraction of sp³-hybridized carbons (Fsp3) is 0.625. The van der Waals surface area contributed by atoms with Crippen LogP contribution in [0.25, 0.3) is 0 Å². The van der Waals surface area contributed by atoms with Gasteiger partial charge in [0.15, 0.2) is 0 Å². The lowest BCUT2D eigenvalue weighted by atomic mass is 9.74. The molecule has 20 heavy (non-hydrogen) atoms. The summed E-state index contributed by atoms with van der Waals surface area (Å²) in [6.07, 6.45) is 4.54. The minimum Gasteiger partial charge on any atom is -0.496 e. The Hall–Kier alpha value is -0.580. The lowest BCUT2D eigenvalue weighted by molar-refractivity contribution is -0.0835. The van der Waals surface area contributed by atoms with Gasteiger partial charge in [-0.2, -0.15) is 0 Å². The average molecular weight is 342 g/mol. The molecule has 112 valence electrons. The van der Waals surface area contributed by atoms with E-state index >= 15 is 0 Å². The van der Waals surface area contributed by atoms with Crippen LogP contribution >= 0.6 is 15.9 Å². The molecule has 3 nitrogen and oxygen atoms in total. The Bertz CT molecular complexity index is 466. The fourth-order valence-electron chi connectivity index (χ4n) is 2.92. The first-order valence-electron chi connectivity index (χ1n) is 7.11. The summed E-state index contributed by atoms with van der Waals surface area (Å²) in [7, 11) is 5.56. The lowest BCUT2D eigenvalue weighted by Crippen LogP contribution is -2.42. The van der Waals surface area contributed by atoms with E-state index in [2.05, 4.69) is 40.3 Å². The molecule has 1 saturated carbocycles. The number of benzene rings is 1. The van der Waals surface area contributed by atoms with Crippen molar-refractivity contribution in [2.45, 2.75) is 44.2 Å². The van der Waals surface area contributed by atoms with Crippen molar-refractivity contribution in [1.29, 1.82) is 0 Å². The summed E-state index contributed by atoms with van der Waals surface area (Å²) in [4.78, 5) is 0. The topological polar surface area (TPSA) is 30.5 Å². The molecule has 2 rings (SSSR count). The second kappa shape index (κ2) is 6.46. The van der Waals surface area contributed by atoms with Crippen LogP contribution in [0.15, 0.2) is 16.6 Å². The van der Waals surface area contributed by atoms with E-state index < -0.39 is 0 Å². The van der Waals surface area contributed by atoms with Gasteiger partial charge in [-0.25, -0.2) is 0 Å². The second-order valence-electron chi connectivity index (χ2n) is 5.63. The van der Waals surface area contributed by atoms with Crippen LogP contribution in [0.4, 0.5) is 0 Å². The Balaban J connectivity index is 2.29. The van der Waals surface area contributed by atoms with Crippen molar-refractivity contribution in [1.82, 2.24) is 5.32 Å². The van der Waals surface area contributed by atoms with E-state index in [1.54, 1.807) is 7.11 Å². The Morgan fingerprint density at radius 3 is 2.50 bits per heavy atom. The van der Waals surface area contributed by atoms with E-state index in [1.165, 1.54) is 17.5 Å². The van der Waals surface area contributed by atoms with Crippen LogP contribution in [0, 0.1) is 6.92 Å². The third-order valence-corrected chi connectivity index (χ3v) is 5.36. The average Bonchev–Trinajstić information content (AvgIpc) is 2.41. The maximum atomic E-state index is 5.76. The van der Waals surface area contributed by atoms with Crippen molar-refractivity contribution in [2.24, 2.45) is 0 Å². The highest BCUT2D eigenvalue weighted by Crippen LogP contribution is 2.43. The van der Waals surface area contributed by atoms with Crippen molar-refractivity contribution >= 4 is 15.9 Å². The third-order valence-electron chi connectivity index (χ3n) is 4.51. The van der Waals surface area contributed by atoms with Gasteiger partial charge in [0.05, 0.1) is 12.7 Å². The maximum Gasteiger partial charge on any atom is 0.123 e. The second-order valence-corrected chi connectivity index (χ2v) is 6.48. The summed E-state index contributed by atoms with van der Waals surface area (Å²) in [5.74, 6) is 0.940. The van der Waals surface area contributed by atoms with Crippen LogP contribution in [0.3, 0.4) is 0 Å². The SMILES string of the molecule is CNC(CC1(OC)CCC1)c1cc(Br)c(C)cc1OC. The molecular formula is C16H24BrNO2. The number of hydrogen-bond donors (Lipinski definition) is 1. The molecule has 4 heteroatoms. The Morgan fingerprint density at radius 1 is 1.35 bits per heavy atom. The summed E-state index contributed by atoms with van der Waals surface area (Å²) in [5.41, 5.74) is 2.41. The van der Waals surface area contributed by atoms with Crippen LogP contribution in [-0.4, -0.2) is 26.9 Å². The van der Waals surface area contributed by atoms with Crippen LogP contribution < -0.4 is 10.1 Å². The van der Waals surface area contributed by atoms with Gasteiger partial charge >= 0.3 is 0 Å². The standard InChI is InChI=1S/C16H24BrNO2/c1-11-8-15(19-3)12(9-13(11)17)14(18-2)10-16(20-4)6-5-7-16/h8-9,14,18H,5-7,10H2,1-4H3. The maximum absolute atomic E-state index is 5.76. The summed E-state index contributed by atoms with van der Waals surface area (Å²) >= 11 is 3.62. The van der Waals surface area contributed by atoms with E-state index in [0.717, 1.165) is 29.5 Å². The number of ether oxygens (including phenoxy) is 2. The zero-order chi connectivity index (χ0) is 14.8. The Kier molecular flexibility index (Phi) is 5.10. The molecule has 0 aliphatic heterocycles. The predicted molar refractivity (Wildman–Crippen MR) is 85.4 cm³/mol. The minimum absolute atomic E-state index is 0.0377. The van der Waals surface area contributed by atoms with Gasteiger partial charge in [-0.3, -0.25) is 0 Å². The molecule has 1 aromatic carbocycles. The van der Waals surface area contributed by atoms with Crippen LogP contribution in [0.5, 0.6) is 5.75 Å². The van der Waals surface area contributed by atoms with Crippen molar-refractivity contribution in [2.75, 3.05) is 21.3 Å². The van der Waals surface area contributed by atoms with Crippen molar-refractivity contribution < 1.29 is 9.47 Å². The monoisotopic (exact) mass is 341 g/mol. The molecule has 0 aromatic heterocycles. The quantitative estimate of drug-likeness (QED) is 0.848. The number of nitrogens with one attached hydrogen (secondary N) is 1. The smallest absolute Gasteiger partial charge is 0.123 e. The first kappa shape index (κ1) is 15.8. The zero-order valence-corrected chi connectivity index (χ0v) is 14.3. The third kappa shape index (κ3) is 3.02. The van der Waals surface area contributed by atoms with Gasteiger partial charge in [0.25, 0.3) is 0 Å².